The average Bonchev–Trinajstić information content (AvgIpc) is 3.50. The number of aromatic nitrogens is 2. The summed E-state index contributed by atoms with van der Waals surface area (Å²) in [5.41, 5.74) is 10.1. The van der Waals surface area contributed by atoms with E-state index in [1.165, 1.54) is 60.9 Å². The summed E-state index contributed by atoms with van der Waals surface area (Å²) in [7, 11) is 0. The van der Waals surface area contributed by atoms with Crippen LogP contribution in [0.15, 0.2) is 133 Å². The molecule has 2 heterocycles. The largest absolute Gasteiger partial charge is 0.310 e. The first-order valence-corrected chi connectivity index (χ1v) is 13.7. The molecule has 0 bridgehead atoms. The minimum atomic E-state index is -0.108. The number of fused-ring (bicyclic) bond motifs is 6. The topological polar surface area (TPSA) is 9.86 Å². The van der Waals surface area contributed by atoms with E-state index >= 15 is 0 Å². The van der Waals surface area contributed by atoms with Crippen molar-refractivity contribution < 1.29 is 0 Å². The number of benzene rings is 5. The lowest BCUT2D eigenvalue weighted by Gasteiger charge is -2.30. The maximum Gasteiger partial charge on any atom is 0.0541 e. The van der Waals surface area contributed by atoms with Gasteiger partial charge in [-0.1, -0.05) is 91.9 Å². The van der Waals surface area contributed by atoms with Crippen LogP contribution in [0, 0.1) is 0 Å². The molecule has 0 fully saturated rings. The van der Waals surface area contributed by atoms with E-state index in [2.05, 4.69) is 156 Å². The highest BCUT2D eigenvalue weighted by atomic mass is 15.0. The lowest BCUT2D eigenvalue weighted by atomic mass is 9.73. The van der Waals surface area contributed by atoms with Gasteiger partial charge in [0, 0.05) is 38.6 Å². The standard InChI is InChI=1S/C37H28N2/c1-37(23-22-36-32(25-37)30-17-9-11-19-34(30)39(36)28-14-6-3-7-15-28)26-20-21-35-31(24-26)29-16-8-10-18-33(29)38(35)27-12-4-2-5-13-27/h2-24H,25H2,1H3. The SMILES string of the molecule is CC1(c2ccc3c(c2)c2ccccc2n3-c2ccccc2)C=Cc2c(c3ccccc3n2-c2ccccc2)C1. The van der Waals surface area contributed by atoms with Gasteiger partial charge < -0.3 is 9.13 Å². The Morgan fingerprint density at radius 1 is 0.538 bits per heavy atom. The van der Waals surface area contributed by atoms with E-state index in [0.717, 1.165) is 6.42 Å². The van der Waals surface area contributed by atoms with Gasteiger partial charge in [-0.15, -0.1) is 0 Å². The summed E-state index contributed by atoms with van der Waals surface area (Å²) in [5.74, 6) is 0. The molecule has 8 rings (SSSR count). The lowest BCUT2D eigenvalue weighted by molar-refractivity contribution is 0.589. The molecule has 0 radical (unpaired) electrons. The van der Waals surface area contributed by atoms with Crippen LogP contribution < -0.4 is 0 Å². The Balaban J connectivity index is 1.31. The van der Waals surface area contributed by atoms with Crippen LogP contribution in [0.1, 0.15) is 23.7 Å². The van der Waals surface area contributed by atoms with Gasteiger partial charge in [-0.3, -0.25) is 0 Å². The Kier molecular flexibility index (Phi) is 4.75. The van der Waals surface area contributed by atoms with Crippen LogP contribution in [-0.4, -0.2) is 9.13 Å². The Bertz CT molecular complexity index is 2040. The number of rotatable bonds is 3. The third kappa shape index (κ3) is 3.28. The van der Waals surface area contributed by atoms with Crippen molar-refractivity contribution in [2.45, 2.75) is 18.8 Å². The Hall–Kier alpha value is -4.82. The van der Waals surface area contributed by atoms with E-state index in [9.17, 15) is 0 Å². The quantitative estimate of drug-likeness (QED) is 0.229. The fourth-order valence-electron chi connectivity index (χ4n) is 6.61. The summed E-state index contributed by atoms with van der Waals surface area (Å²) in [6.07, 6.45) is 5.73. The zero-order chi connectivity index (χ0) is 26.0. The lowest BCUT2D eigenvalue weighted by Crippen LogP contribution is -2.25. The number of hydrogen-bond acceptors (Lipinski definition) is 0. The van der Waals surface area contributed by atoms with Crippen molar-refractivity contribution in [3.63, 3.8) is 0 Å². The maximum absolute atomic E-state index is 2.43. The van der Waals surface area contributed by atoms with Gasteiger partial charge in [0.15, 0.2) is 0 Å². The normalized spacial score (nSPS) is 16.7. The van der Waals surface area contributed by atoms with Crippen molar-refractivity contribution in [3.8, 4) is 11.4 Å². The molecule has 2 nitrogen and oxygen atoms in total. The summed E-state index contributed by atoms with van der Waals surface area (Å²) in [6, 6.07) is 46.1. The van der Waals surface area contributed by atoms with Crippen LogP contribution in [0.25, 0.3) is 50.2 Å². The van der Waals surface area contributed by atoms with Gasteiger partial charge in [0.1, 0.15) is 0 Å². The molecule has 2 aromatic heterocycles. The molecule has 1 atom stereocenters. The second-order valence-electron chi connectivity index (χ2n) is 10.9. The van der Waals surface area contributed by atoms with E-state index in [0.29, 0.717) is 0 Å². The molecule has 1 unspecified atom stereocenters. The third-order valence-corrected chi connectivity index (χ3v) is 8.53. The summed E-state index contributed by atoms with van der Waals surface area (Å²) >= 11 is 0. The second-order valence-corrected chi connectivity index (χ2v) is 10.9. The first kappa shape index (κ1) is 22.2. The van der Waals surface area contributed by atoms with Gasteiger partial charge in [0.2, 0.25) is 0 Å². The van der Waals surface area contributed by atoms with E-state index in [4.69, 9.17) is 0 Å². The molecule has 0 spiro atoms. The van der Waals surface area contributed by atoms with E-state index in [-0.39, 0.29) is 5.41 Å². The van der Waals surface area contributed by atoms with Crippen LogP contribution in [0.5, 0.6) is 0 Å². The predicted molar refractivity (Wildman–Crippen MR) is 164 cm³/mol. The third-order valence-electron chi connectivity index (χ3n) is 8.53. The molecule has 1 aliphatic rings. The molecule has 2 heteroatoms. The molecule has 0 N–H and O–H groups in total. The minimum absolute atomic E-state index is 0.108. The molecular weight excluding hydrogens is 472 g/mol. The van der Waals surface area contributed by atoms with E-state index < -0.39 is 0 Å². The molecule has 1 aliphatic carbocycles. The first-order valence-electron chi connectivity index (χ1n) is 13.7. The van der Waals surface area contributed by atoms with Crippen LogP contribution in [0.4, 0.5) is 0 Å². The van der Waals surface area contributed by atoms with Gasteiger partial charge in [0.25, 0.3) is 0 Å². The van der Waals surface area contributed by atoms with Crippen LogP contribution in [0.2, 0.25) is 0 Å². The molecule has 39 heavy (non-hydrogen) atoms. The maximum atomic E-state index is 2.43. The van der Waals surface area contributed by atoms with Gasteiger partial charge in [0.05, 0.1) is 16.6 Å². The van der Waals surface area contributed by atoms with Crippen molar-refractivity contribution in [1.82, 2.24) is 9.13 Å². The number of nitrogens with zero attached hydrogens (tertiary/aromatic N) is 2. The van der Waals surface area contributed by atoms with E-state index in [1.807, 2.05) is 0 Å². The highest BCUT2D eigenvalue weighted by Gasteiger charge is 2.32. The van der Waals surface area contributed by atoms with Gasteiger partial charge in [-0.25, -0.2) is 0 Å². The van der Waals surface area contributed by atoms with Crippen molar-refractivity contribution in [2.75, 3.05) is 0 Å². The smallest absolute Gasteiger partial charge is 0.0541 e. The van der Waals surface area contributed by atoms with E-state index in [1.54, 1.807) is 0 Å². The van der Waals surface area contributed by atoms with Gasteiger partial charge in [-0.2, -0.15) is 0 Å². The highest BCUT2D eigenvalue weighted by molar-refractivity contribution is 6.09. The molecule has 186 valence electrons. The molecule has 0 aliphatic heterocycles. The van der Waals surface area contributed by atoms with Crippen LogP contribution in [-0.2, 0) is 11.8 Å². The molecule has 7 aromatic rings. The zero-order valence-corrected chi connectivity index (χ0v) is 21.9. The fraction of sp³-hybridized carbons (Fsp3) is 0.0811. The van der Waals surface area contributed by atoms with Crippen LogP contribution in [0.3, 0.4) is 0 Å². The summed E-state index contributed by atoms with van der Waals surface area (Å²) in [4.78, 5) is 0. The Morgan fingerprint density at radius 3 is 1.82 bits per heavy atom. The first-order chi connectivity index (χ1) is 19.2. The number of allylic oxidation sites excluding steroid dienone is 1. The summed E-state index contributed by atoms with van der Waals surface area (Å²) in [5, 5.41) is 3.94. The molecule has 5 aromatic carbocycles. The van der Waals surface area contributed by atoms with Crippen molar-refractivity contribution in [3.05, 3.63) is 150 Å². The molecule has 0 saturated heterocycles. The average molecular weight is 501 g/mol. The Morgan fingerprint density at radius 2 is 1.10 bits per heavy atom. The summed E-state index contributed by atoms with van der Waals surface area (Å²) < 4.78 is 4.80. The zero-order valence-electron chi connectivity index (χ0n) is 21.9. The van der Waals surface area contributed by atoms with Crippen molar-refractivity contribution >= 4 is 38.8 Å². The van der Waals surface area contributed by atoms with Gasteiger partial charge >= 0.3 is 0 Å². The number of para-hydroxylation sites is 4. The molecular formula is C37H28N2. The second kappa shape index (κ2) is 8.34. The Labute approximate surface area is 228 Å². The minimum Gasteiger partial charge on any atom is -0.310 e. The van der Waals surface area contributed by atoms with Crippen LogP contribution >= 0.6 is 0 Å². The fourth-order valence-corrected chi connectivity index (χ4v) is 6.61. The monoisotopic (exact) mass is 500 g/mol. The predicted octanol–water partition coefficient (Wildman–Crippen LogP) is 9.25. The van der Waals surface area contributed by atoms with Crippen molar-refractivity contribution in [1.29, 1.82) is 0 Å². The number of hydrogen-bond donors (Lipinski definition) is 0. The van der Waals surface area contributed by atoms with Gasteiger partial charge in [-0.05, 0) is 72.2 Å². The molecule has 0 amide bonds. The highest BCUT2D eigenvalue weighted by Crippen LogP contribution is 2.43. The summed E-state index contributed by atoms with van der Waals surface area (Å²) in [6.45, 7) is 2.39. The molecule has 0 saturated carbocycles. The van der Waals surface area contributed by atoms with Crippen molar-refractivity contribution in [2.24, 2.45) is 0 Å².